The SMILES string of the molecule is CN/C(=N\C#N)N[C@H]1CC[C@](CNC(=O)c2cccc(O)n2)(c2ccccc2)CC1. The molecular formula is C22H26N6O2. The molecule has 1 saturated carbocycles. The lowest BCUT2D eigenvalue weighted by Gasteiger charge is -2.41. The maximum Gasteiger partial charge on any atom is 0.270 e. The Morgan fingerprint density at radius 3 is 2.60 bits per heavy atom. The maximum absolute atomic E-state index is 12.6. The Labute approximate surface area is 176 Å². The highest BCUT2D eigenvalue weighted by atomic mass is 16.3. The van der Waals surface area contributed by atoms with E-state index in [-0.39, 0.29) is 28.9 Å². The molecule has 8 heteroatoms. The Kier molecular flexibility index (Phi) is 6.86. The van der Waals surface area contributed by atoms with Crippen LogP contribution in [0.3, 0.4) is 0 Å². The van der Waals surface area contributed by atoms with Crippen molar-refractivity contribution in [1.29, 1.82) is 5.26 Å². The normalized spacial score (nSPS) is 21.3. The van der Waals surface area contributed by atoms with Crippen LogP contribution in [0, 0.1) is 11.5 Å². The number of nitrogens with zero attached hydrogens (tertiary/aromatic N) is 3. The minimum absolute atomic E-state index is 0.175. The fourth-order valence-electron chi connectivity index (χ4n) is 3.97. The zero-order valence-electron chi connectivity index (χ0n) is 16.9. The van der Waals surface area contributed by atoms with E-state index in [1.807, 2.05) is 18.2 Å². The molecule has 0 bridgehead atoms. The summed E-state index contributed by atoms with van der Waals surface area (Å²) in [5, 5.41) is 27.5. The third-order valence-electron chi connectivity index (χ3n) is 5.62. The second-order valence-electron chi connectivity index (χ2n) is 7.44. The predicted octanol–water partition coefficient (Wildman–Crippen LogP) is 2.04. The highest BCUT2D eigenvalue weighted by molar-refractivity contribution is 5.92. The number of nitrogens with one attached hydrogen (secondary N) is 3. The lowest BCUT2D eigenvalue weighted by molar-refractivity contribution is 0.0929. The number of aromatic hydroxyl groups is 1. The number of guanidine groups is 1. The molecule has 4 N–H and O–H groups in total. The average Bonchev–Trinajstić information content (AvgIpc) is 2.78. The van der Waals surface area contributed by atoms with Gasteiger partial charge in [-0.2, -0.15) is 5.26 Å². The molecule has 0 radical (unpaired) electrons. The molecule has 0 aliphatic heterocycles. The van der Waals surface area contributed by atoms with Gasteiger partial charge in [0.05, 0.1) is 0 Å². The number of nitriles is 1. The van der Waals surface area contributed by atoms with Gasteiger partial charge in [0.2, 0.25) is 18.0 Å². The van der Waals surface area contributed by atoms with Crippen molar-refractivity contribution in [2.45, 2.75) is 37.1 Å². The minimum atomic E-state index is -0.305. The molecule has 0 saturated heterocycles. The summed E-state index contributed by atoms with van der Waals surface area (Å²) in [5.41, 5.74) is 1.19. The molecular weight excluding hydrogens is 380 g/mol. The summed E-state index contributed by atoms with van der Waals surface area (Å²) in [5.74, 6) is -0.00979. The lowest BCUT2D eigenvalue weighted by Crippen LogP contribution is -2.49. The van der Waals surface area contributed by atoms with E-state index in [1.54, 1.807) is 25.4 Å². The number of benzene rings is 1. The van der Waals surface area contributed by atoms with Gasteiger partial charge in [0.25, 0.3) is 5.91 Å². The molecule has 0 spiro atoms. The Morgan fingerprint density at radius 2 is 1.97 bits per heavy atom. The summed E-state index contributed by atoms with van der Waals surface area (Å²) in [7, 11) is 1.73. The fraction of sp³-hybridized carbons (Fsp3) is 0.364. The van der Waals surface area contributed by atoms with Gasteiger partial charge in [-0.25, -0.2) is 4.98 Å². The summed E-state index contributed by atoms with van der Waals surface area (Å²) in [4.78, 5) is 20.2. The van der Waals surface area contributed by atoms with Gasteiger partial charge in [0.1, 0.15) is 5.69 Å². The smallest absolute Gasteiger partial charge is 0.270 e. The summed E-state index contributed by atoms with van der Waals surface area (Å²) in [6.45, 7) is 0.477. The molecule has 1 heterocycles. The second-order valence-corrected chi connectivity index (χ2v) is 7.44. The van der Waals surface area contributed by atoms with Crippen molar-refractivity contribution in [3.63, 3.8) is 0 Å². The maximum atomic E-state index is 12.6. The molecule has 0 atom stereocenters. The molecule has 1 aromatic carbocycles. The number of aromatic nitrogens is 1. The van der Waals surface area contributed by atoms with Crippen LogP contribution in [-0.4, -0.2) is 41.6 Å². The first-order chi connectivity index (χ1) is 14.6. The van der Waals surface area contributed by atoms with Gasteiger partial charge in [0.15, 0.2) is 0 Å². The van der Waals surface area contributed by atoms with E-state index < -0.39 is 0 Å². The van der Waals surface area contributed by atoms with Crippen molar-refractivity contribution in [2.75, 3.05) is 13.6 Å². The number of carbonyl (C=O) groups excluding carboxylic acids is 1. The molecule has 3 rings (SSSR count). The van der Waals surface area contributed by atoms with Crippen molar-refractivity contribution in [3.8, 4) is 12.1 Å². The predicted molar refractivity (Wildman–Crippen MR) is 114 cm³/mol. The number of aliphatic imine (C=N–C) groups is 1. The summed E-state index contributed by atoms with van der Waals surface area (Å²) < 4.78 is 0. The van der Waals surface area contributed by atoms with E-state index in [0.717, 1.165) is 25.7 Å². The van der Waals surface area contributed by atoms with Crippen LogP contribution in [0.4, 0.5) is 0 Å². The van der Waals surface area contributed by atoms with E-state index in [9.17, 15) is 9.90 Å². The molecule has 30 heavy (non-hydrogen) atoms. The standard InChI is InChI=1S/C22H26N6O2/c1-24-21(26-15-23)27-17-10-12-22(13-11-17,16-6-3-2-4-7-16)14-25-20(30)18-8-5-9-19(29)28-18/h2-9,17H,10-14H2,1H3,(H,25,30)(H,28,29)(H2,24,26,27)/t17-,22-. The number of hydrogen-bond donors (Lipinski definition) is 4. The van der Waals surface area contributed by atoms with Crippen molar-refractivity contribution in [2.24, 2.45) is 4.99 Å². The van der Waals surface area contributed by atoms with E-state index in [2.05, 4.69) is 38.1 Å². The quantitative estimate of drug-likeness (QED) is 0.342. The van der Waals surface area contributed by atoms with E-state index in [4.69, 9.17) is 5.26 Å². The first-order valence-electron chi connectivity index (χ1n) is 9.97. The lowest BCUT2D eigenvalue weighted by atomic mass is 9.68. The van der Waals surface area contributed by atoms with Crippen LogP contribution >= 0.6 is 0 Å². The average molecular weight is 406 g/mol. The van der Waals surface area contributed by atoms with Gasteiger partial charge in [-0.15, -0.1) is 4.99 Å². The number of rotatable bonds is 5. The van der Waals surface area contributed by atoms with Gasteiger partial charge >= 0.3 is 0 Å². The largest absolute Gasteiger partial charge is 0.493 e. The second kappa shape index (κ2) is 9.74. The Hall–Kier alpha value is -3.60. The number of amides is 1. The van der Waals surface area contributed by atoms with Crippen molar-refractivity contribution >= 4 is 11.9 Å². The van der Waals surface area contributed by atoms with Crippen LogP contribution in [0.25, 0.3) is 0 Å². The van der Waals surface area contributed by atoms with Gasteiger partial charge in [-0.1, -0.05) is 36.4 Å². The molecule has 2 aromatic rings. The Bertz CT molecular complexity index is 930. The van der Waals surface area contributed by atoms with E-state index in [1.165, 1.54) is 11.6 Å². The van der Waals surface area contributed by atoms with Crippen LogP contribution in [-0.2, 0) is 5.41 Å². The minimum Gasteiger partial charge on any atom is -0.493 e. The van der Waals surface area contributed by atoms with Crippen molar-refractivity contribution < 1.29 is 9.90 Å². The third-order valence-corrected chi connectivity index (χ3v) is 5.62. The monoisotopic (exact) mass is 406 g/mol. The molecule has 156 valence electrons. The van der Waals surface area contributed by atoms with Crippen LogP contribution in [0.1, 0.15) is 41.7 Å². The fourth-order valence-corrected chi connectivity index (χ4v) is 3.97. The van der Waals surface area contributed by atoms with Gasteiger partial charge in [0, 0.05) is 31.1 Å². The van der Waals surface area contributed by atoms with Crippen molar-refractivity contribution in [1.82, 2.24) is 20.9 Å². The molecule has 1 aliphatic carbocycles. The number of hydrogen-bond acceptors (Lipinski definition) is 5. The van der Waals surface area contributed by atoms with Crippen LogP contribution in [0.5, 0.6) is 5.88 Å². The Balaban J connectivity index is 1.72. The van der Waals surface area contributed by atoms with Gasteiger partial charge in [-0.05, 0) is 37.3 Å². The first-order valence-corrected chi connectivity index (χ1v) is 9.97. The van der Waals surface area contributed by atoms with Gasteiger partial charge < -0.3 is 21.1 Å². The topological polar surface area (TPSA) is 122 Å². The van der Waals surface area contributed by atoms with Crippen LogP contribution in [0.15, 0.2) is 53.5 Å². The van der Waals surface area contributed by atoms with E-state index >= 15 is 0 Å². The van der Waals surface area contributed by atoms with Crippen molar-refractivity contribution in [3.05, 3.63) is 59.8 Å². The molecule has 1 aliphatic rings. The van der Waals surface area contributed by atoms with E-state index in [0.29, 0.717) is 12.5 Å². The Morgan fingerprint density at radius 1 is 1.23 bits per heavy atom. The molecule has 8 nitrogen and oxygen atoms in total. The molecule has 0 unspecified atom stereocenters. The number of carbonyl (C=O) groups is 1. The third kappa shape index (κ3) is 5.06. The van der Waals surface area contributed by atoms with Crippen LogP contribution < -0.4 is 16.0 Å². The van der Waals surface area contributed by atoms with Gasteiger partial charge in [-0.3, -0.25) is 4.79 Å². The first kappa shape index (κ1) is 21.1. The molecule has 1 amide bonds. The highest BCUT2D eigenvalue weighted by Gasteiger charge is 2.37. The zero-order valence-corrected chi connectivity index (χ0v) is 16.9. The van der Waals surface area contributed by atoms with Crippen LogP contribution in [0.2, 0.25) is 0 Å². The number of pyridine rings is 1. The molecule has 1 fully saturated rings. The summed E-state index contributed by atoms with van der Waals surface area (Å²) >= 11 is 0. The summed E-state index contributed by atoms with van der Waals surface area (Å²) in [6.07, 6.45) is 5.28. The highest BCUT2D eigenvalue weighted by Crippen LogP contribution is 2.39. The molecule has 1 aromatic heterocycles. The zero-order chi connectivity index (χ0) is 21.4. The summed E-state index contributed by atoms with van der Waals surface area (Å²) in [6, 6.07) is 15.0.